The van der Waals surface area contributed by atoms with Crippen LogP contribution in [0.1, 0.15) is 54.2 Å². The molecule has 1 aliphatic heterocycles. The van der Waals surface area contributed by atoms with Gasteiger partial charge in [-0.2, -0.15) is 0 Å². The van der Waals surface area contributed by atoms with E-state index in [1.54, 1.807) is 24.1 Å². The van der Waals surface area contributed by atoms with Gasteiger partial charge in [0.15, 0.2) is 0 Å². The first-order valence-corrected chi connectivity index (χ1v) is 16.0. The number of anilines is 1. The molecule has 3 aromatic carbocycles. The number of benzene rings is 3. The van der Waals surface area contributed by atoms with Gasteiger partial charge in [0.25, 0.3) is 5.91 Å². The number of hydrogen-bond acceptors (Lipinski definition) is 6. The summed E-state index contributed by atoms with van der Waals surface area (Å²) in [5.41, 5.74) is 3.95. The third kappa shape index (κ3) is 9.89. The Morgan fingerprint density at radius 1 is 0.956 bits per heavy atom. The molecule has 238 valence electrons. The molecule has 3 N–H and O–H groups in total. The summed E-state index contributed by atoms with van der Waals surface area (Å²) in [5, 5.41) is 13.8. The number of hydrazine groups is 1. The molecule has 2 unspecified atom stereocenters. The maximum absolute atomic E-state index is 13.2. The Morgan fingerprint density at radius 2 is 1.60 bits per heavy atom. The van der Waals surface area contributed by atoms with E-state index in [-0.39, 0.29) is 12.3 Å². The van der Waals surface area contributed by atoms with Crippen LogP contribution in [0.2, 0.25) is 0 Å². The van der Waals surface area contributed by atoms with Crippen LogP contribution < -0.4 is 15.0 Å². The largest absolute Gasteiger partial charge is 0.492 e. The summed E-state index contributed by atoms with van der Waals surface area (Å²) in [7, 11) is 0. The van der Waals surface area contributed by atoms with Gasteiger partial charge in [-0.1, -0.05) is 56.0 Å². The van der Waals surface area contributed by atoms with Crippen molar-refractivity contribution >= 4 is 28.8 Å². The zero-order chi connectivity index (χ0) is 32.3. The van der Waals surface area contributed by atoms with Crippen LogP contribution in [0, 0.1) is 17.8 Å². The molecule has 2 atom stereocenters. The van der Waals surface area contributed by atoms with Crippen LogP contribution >= 0.6 is 0 Å². The monoisotopic (exact) mass is 632 g/mol. The zero-order valence-corrected chi connectivity index (χ0v) is 26.6. The van der Waals surface area contributed by atoms with Gasteiger partial charge >= 0.3 is 5.97 Å². The summed E-state index contributed by atoms with van der Waals surface area (Å²) in [6.07, 6.45) is -0.228. The van der Waals surface area contributed by atoms with E-state index in [4.69, 9.17) is 9.84 Å². The van der Waals surface area contributed by atoms with Crippen molar-refractivity contribution in [3.63, 3.8) is 0 Å². The highest BCUT2D eigenvalue weighted by Gasteiger charge is 2.30. The molecule has 10 nitrogen and oxygen atoms in total. The van der Waals surface area contributed by atoms with Crippen molar-refractivity contribution in [1.82, 2.24) is 14.7 Å². The Balaban J connectivity index is 1.41. The molecular formula is C34H40N4O6S. The second-order valence-electron chi connectivity index (χ2n) is 11.3. The summed E-state index contributed by atoms with van der Waals surface area (Å²) in [6.45, 7) is 8.83. The highest BCUT2D eigenvalue weighted by atomic mass is 32.2. The molecule has 1 fully saturated rings. The predicted molar refractivity (Wildman–Crippen MR) is 175 cm³/mol. The lowest BCUT2D eigenvalue weighted by Crippen LogP contribution is -2.57. The molecular weight excluding hydrogens is 592 g/mol. The van der Waals surface area contributed by atoms with Crippen molar-refractivity contribution in [2.45, 2.75) is 39.8 Å². The van der Waals surface area contributed by atoms with Crippen molar-refractivity contribution in [2.24, 2.45) is 5.92 Å². The molecule has 11 heteroatoms. The van der Waals surface area contributed by atoms with Gasteiger partial charge in [-0.15, -0.1) is 4.41 Å². The second kappa shape index (κ2) is 16.2. The van der Waals surface area contributed by atoms with E-state index in [0.29, 0.717) is 62.1 Å². The predicted octanol–water partition coefficient (Wildman–Crippen LogP) is 4.39. The Hall–Kier alpha value is -4.21. The van der Waals surface area contributed by atoms with Crippen LogP contribution in [0.3, 0.4) is 0 Å². The molecule has 1 aliphatic rings. The number of nitrogens with zero attached hydrogens (tertiary/aromatic N) is 3. The third-order valence-electron chi connectivity index (χ3n) is 7.22. The van der Waals surface area contributed by atoms with Crippen molar-refractivity contribution < 1.29 is 28.2 Å². The van der Waals surface area contributed by atoms with Gasteiger partial charge in [0.1, 0.15) is 5.75 Å². The topological polar surface area (TPSA) is 123 Å². The van der Waals surface area contributed by atoms with Gasteiger partial charge < -0.3 is 20.1 Å². The fourth-order valence-electron chi connectivity index (χ4n) is 4.95. The van der Waals surface area contributed by atoms with E-state index in [1.807, 2.05) is 60.7 Å². The molecule has 1 saturated heterocycles. The number of nitrogens with one attached hydrogen (secondary N) is 1. The molecule has 0 saturated carbocycles. The van der Waals surface area contributed by atoms with Crippen LogP contribution in [-0.2, 0) is 22.6 Å². The van der Waals surface area contributed by atoms with Gasteiger partial charge in [0.2, 0.25) is 11.3 Å². The number of amides is 1. The van der Waals surface area contributed by atoms with E-state index >= 15 is 0 Å². The number of hydrogen-bond donors (Lipinski definition) is 3. The number of rotatable bonds is 12. The fraction of sp³-hybridized carbons (Fsp3) is 0.353. The van der Waals surface area contributed by atoms with Crippen molar-refractivity contribution in [1.29, 1.82) is 0 Å². The van der Waals surface area contributed by atoms with Crippen LogP contribution in [0.5, 0.6) is 5.75 Å². The number of carbonyl (C=O) groups is 2. The lowest BCUT2D eigenvalue weighted by molar-refractivity contribution is -0.139. The van der Waals surface area contributed by atoms with E-state index in [1.165, 1.54) is 4.41 Å². The molecule has 0 aromatic heterocycles. The standard InChI is InChI=1S/C34H40N4O6S/c1-25(2)24-44-32-16-13-28(22-31(32)34(41)35-23-29-7-5-4-6-8-29)10-9-27-11-14-30(15-12-27)36-17-19-37(20-18-36)38(45(42)43)26(3)21-33(39)40/h4-8,11-16,22,25-26H,17-21,23-24H2,1-3H3,(H,35,41)(H,39,40)(H,42,43). The van der Waals surface area contributed by atoms with Crippen LogP contribution in [0.15, 0.2) is 72.8 Å². The van der Waals surface area contributed by atoms with Crippen molar-refractivity contribution in [3.05, 3.63) is 95.1 Å². The summed E-state index contributed by atoms with van der Waals surface area (Å²) in [4.78, 5) is 26.4. The molecule has 3 aromatic rings. The minimum Gasteiger partial charge on any atom is -0.492 e. The Bertz CT molecular complexity index is 1530. The van der Waals surface area contributed by atoms with Gasteiger partial charge in [0.05, 0.1) is 18.6 Å². The minimum absolute atomic E-state index is 0.226. The molecule has 0 spiro atoms. The van der Waals surface area contributed by atoms with Crippen LogP contribution in [-0.4, -0.2) is 74.0 Å². The summed E-state index contributed by atoms with van der Waals surface area (Å²) < 4.78 is 28.9. The molecule has 0 bridgehead atoms. The average molecular weight is 633 g/mol. The maximum atomic E-state index is 13.2. The molecule has 0 aliphatic carbocycles. The Labute approximate surface area is 267 Å². The molecule has 1 heterocycles. The molecule has 4 rings (SSSR count). The Morgan fingerprint density at radius 3 is 2.22 bits per heavy atom. The normalized spacial score (nSPS) is 14.8. The highest BCUT2D eigenvalue weighted by Crippen LogP contribution is 2.22. The summed E-state index contributed by atoms with van der Waals surface area (Å²) in [5.74, 6) is 5.94. The number of carboxylic acids is 1. The second-order valence-corrected chi connectivity index (χ2v) is 12.1. The lowest BCUT2D eigenvalue weighted by atomic mass is 10.1. The number of carbonyl (C=O) groups excluding carboxylic acids is 1. The summed E-state index contributed by atoms with van der Waals surface area (Å²) >= 11 is -2.31. The molecule has 0 radical (unpaired) electrons. The number of ether oxygens (including phenoxy) is 1. The minimum atomic E-state index is -2.31. The maximum Gasteiger partial charge on any atom is 0.305 e. The number of piperazine rings is 1. The fourth-order valence-corrected chi connectivity index (χ4v) is 5.70. The van der Waals surface area contributed by atoms with Crippen LogP contribution in [0.4, 0.5) is 5.69 Å². The average Bonchev–Trinajstić information content (AvgIpc) is 3.02. The van der Waals surface area contributed by atoms with Gasteiger partial charge in [-0.25, -0.2) is 9.22 Å². The molecule has 45 heavy (non-hydrogen) atoms. The summed E-state index contributed by atoms with van der Waals surface area (Å²) in [6, 6.07) is 22.4. The van der Waals surface area contributed by atoms with Gasteiger partial charge in [-0.05, 0) is 60.9 Å². The number of aliphatic carboxylic acids is 1. The zero-order valence-electron chi connectivity index (χ0n) is 25.8. The highest BCUT2D eigenvalue weighted by molar-refractivity contribution is 7.76. The van der Waals surface area contributed by atoms with Gasteiger partial charge in [-0.3, -0.25) is 14.1 Å². The Kier molecular flexibility index (Phi) is 12.1. The van der Waals surface area contributed by atoms with E-state index in [0.717, 1.165) is 16.8 Å². The van der Waals surface area contributed by atoms with Crippen molar-refractivity contribution in [3.8, 4) is 17.6 Å². The van der Waals surface area contributed by atoms with Gasteiger partial charge in [0, 0.05) is 55.6 Å². The SMILES string of the molecule is CC(C)COc1ccc(C#Cc2ccc(N3CCN(N(C(C)CC(=O)O)S(=O)O)CC3)cc2)cc1C(=O)NCc1ccccc1. The smallest absolute Gasteiger partial charge is 0.305 e. The quantitative estimate of drug-likeness (QED) is 0.199. The first-order valence-electron chi connectivity index (χ1n) is 14.9. The van der Waals surface area contributed by atoms with E-state index in [9.17, 15) is 18.4 Å². The van der Waals surface area contributed by atoms with E-state index < -0.39 is 23.3 Å². The molecule has 1 amide bonds. The number of carboxylic acid groups (broad SMARTS) is 1. The lowest BCUT2D eigenvalue weighted by Gasteiger charge is -2.41. The first kappa shape index (κ1) is 33.7. The van der Waals surface area contributed by atoms with E-state index in [2.05, 4.69) is 35.9 Å². The van der Waals surface area contributed by atoms with Crippen molar-refractivity contribution in [2.75, 3.05) is 37.7 Å². The van der Waals surface area contributed by atoms with Crippen LogP contribution in [0.25, 0.3) is 0 Å². The first-order chi connectivity index (χ1) is 21.6. The third-order valence-corrected chi connectivity index (χ3v) is 8.13.